The molecule has 0 bridgehead atoms. The normalized spacial score (nSPS) is 12.4. The van der Waals surface area contributed by atoms with Gasteiger partial charge in [-0.1, -0.05) is 66.7 Å². The highest BCUT2D eigenvalue weighted by Crippen LogP contribution is 2.32. The fraction of sp³-hybridized carbons (Fsp3) is 0.136. The standard InChI is InChI=1S/C22H19NO2/c1-14-18-13-12-17-10-6-7-11-19(17)21(18)25-20(14)22(24)23-15(2)16-8-4-3-5-9-16/h3-13,15H,1-2H3,(H,23,24)/t15-/m1/s1. The molecule has 0 aliphatic rings. The summed E-state index contributed by atoms with van der Waals surface area (Å²) in [4.78, 5) is 12.8. The van der Waals surface area contributed by atoms with Gasteiger partial charge in [0, 0.05) is 16.3 Å². The topological polar surface area (TPSA) is 42.2 Å². The second-order valence-electron chi connectivity index (χ2n) is 6.33. The molecule has 0 saturated carbocycles. The SMILES string of the molecule is Cc1c(C(=O)N[C@H](C)c2ccccc2)oc2c1ccc1ccccc12. The average molecular weight is 329 g/mol. The fourth-order valence-corrected chi connectivity index (χ4v) is 3.25. The van der Waals surface area contributed by atoms with Gasteiger partial charge in [-0.2, -0.15) is 0 Å². The van der Waals surface area contributed by atoms with Crippen molar-refractivity contribution in [1.82, 2.24) is 5.32 Å². The maximum atomic E-state index is 12.8. The molecule has 3 heteroatoms. The summed E-state index contributed by atoms with van der Waals surface area (Å²) >= 11 is 0. The number of fused-ring (bicyclic) bond motifs is 3. The summed E-state index contributed by atoms with van der Waals surface area (Å²) < 4.78 is 6.00. The lowest BCUT2D eigenvalue weighted by Crippen LogP contribution is -2.26. The molecule has 0 spiro atoms. The van der Waals surface area contributed by atoms with E-state index in [2.05, 4.69) is 11.4 Å². The van der Waals surface area contributed by atoms with Crippen molar-refractivity contribution < 1.29 is 9.21 Å². The summed E-state index contributed by atoms with van der Waals surface area (Å²) in [6.45, 7) is 3.91. The van der Waals surface area contributed by atoms with Gasteiger partial charge in [0.2, 0.25) is 0 Å². The van der Waals surface area contributed by atoms with Gasteiger partial charge < -0.3 is 9.73 Å². The molecule has 4 aromatic rings. The second-order valence-corrected chi connectivity index (χ2v) is 6.33. The van der Waals surface area contributed by atoms with E-state index in [0.29, 0.717) is 5.76 Å². The van der Waals surface area contributed by atoms with E-state index in [1.54, 1.807) is 0 Å². The summed E-state index contributed by atoms with van der Waals surface area (Å²) in [5, 5.41) is 6.14. The highest BCUT2D eigenvalue weighted by molar-refractivity contribution is 6.08. The van der Waals surface area contributed by atoms with Gasteiger partial charge in [0.25, 0.3) is 5.91 Å². The minimum absolute atomic E-state index is 0.0851. The monoisotopic (exact) mass is 329 g/mol. The van der Waals surface area contributed by atoms with Gasteiger partial charge in [-0.15, -0.1) is 0 Å². The van der Waals surface area contributed by atoms with Crippen LogP contribution in [0, 0.1) is 6.92 Å². The molecule has 0 fully saturated rings. The van der Waals surface area contributed by atoms with Crippen molar-refractivity contribution in [2.45, 2.75) is 19.9 Å². The van der Waals surface area contributed by atoms with Crippen molar-refractivity contribution in [3.63, 3.8) is 0 Å². The molecule has 3 nitrogen and oxygen atoms in total. The minimum Gasteiger partial charge on any atom is -0.450 e. The highest BCUT2D eigenvalue weighted by atomic mass is 16.3. The third-order valence-corrected chi connectivity index (χ3v) is 4.68. The third kappa shape index (κ3) is 2.68. The first-order valence-electron chi connectivity index (χ1n) is 8.42. The van der Waals surface area contributed by atoms with Crippen LogP contribution in [0.3, 0.4) is 0 Å². The van der Waals surface area contributed by atoms with Crippen LogP contribution < -0.4 is 5.32 Å². The van der Waals surface area contributed by atoms with Crippen LogP contribution in [0.4, 0.5) is 0 Å². The van der Waals surface area contributed by atoms with Crippen molar-refractivity contribution >= 4 is 27.6 Å². The van der Waals surface area contributed by atoms with Crippen molar-refractivity contribution in [2.24, 2.45) is 0 Å². The predicted octanol–water partition coefficient (Wildman–Crippen LogP) is 5.39. The van der Waals surface area contributed by atoms with E-state index in [-0.39, 0.29) is 11.9 Å². The zero-order chi connectivity index (χ0) is 17.4. The van der Waals surface area contributed by atoms with E-state index in [1.807, 2.05) is 74.5 Å². The highest BCUT2D eigenvalue weighted by Gasteiger charge is 2.20. The van der Waals surface area contributed by atoms with E-state index in [1.165, 1.54) is 0 Å². The molecule has 1 atom stereocenters. The molecule has 0 radical (unpaired) electrons. The Balaban J connectivity index is 1.72. The van der Waals surface area contributed by atoms with Gasteiger partial charge in [0.05, 0.1) is 6.04 Å². The van der Waals surface area contributed by atoms with Crippen molar-refractivity contribution in [3.05, 3.63) is 83.6 Å². The van der Waals surface area contributed by atoms with Crippen LogP contribution in [0.1, 0.15) is 34.6 Å². The molecule has 0 aliphatic carbocycles. The van der Waals surface area contributed by atoms with Crippen LogP contribution in [-0.4, -0.2) is 5.91 Å². The Morgan fingerprint density at radius 1 is 0.920 bits per heavy atom. The molecule has 0 saturated heterocycles. The van der Waals surface area contributed by atoms with Gasteiger partial charge in [0.15, 0.2) is 5.76 Å². The number of carbonyl (C=O) groups excluding carboxylic acids is 1. The Morgan fingerprint density at radius 2 is 1.64 bits per heavy atom. The van der Waals surface area contributed by atoms with Crippen molar-refractivity contribution in [2.75, 3.05) is 0 Å². The average Bonchev–Trinajstić information content (AvgIpc) is 3.00. The first-order chi connectivity index (χ1) is 12.1. The van der Waals surface area contributed by atoms with Crippen molar-refractivity contribution in [3.8, 4) is 0 Å². The van der Waals surface area contributed by atoms with E-state index in [4.69, 9.17) is 4.42 Å². The minimum atomic E-state index is -0.186. The zero-order valence-corrected chi connectivity index (χ0v) is 14.2. The van der Waals surface area contributed by atoms with Crippen LogP contribution in [-0.2, 0) is 0 Å². The number of amides is 1. The molecule has 0 unspecified atom stereocenters. The summed E-state index contributed by atoms with van der Waals surface area (Å²) in [6.07, 6.45) is 0. The lowest BCUT2D eigenvalue weighted by atomic mass is 10.1. The van der Waals surface area contributed by atoms with Gasteiger partial charge in [-0.25, -0.2) is 0 Å². The fourth-order valence-electron chi connectivity index (χ4n) is 3.25. The van der Waals surface area contributed by atoms with Crippen LogP contribution in [0.2, 0.25) is 0 Å². The number of benzene rings is 3. The molecule has 4 rings (SSSR count). The molecule has 25 heavy (non-hydrogen) atoms. The zero-order valence-electron chi connectivity index (χ0n) is 14.2. The molecule has 124 valence electrons. The van der Waals surface area contributed by atoms with Gasteiger partial charge in [-0.05, 0) is 24.8 Å². The summed E-state index contributed by atoms with van der Waals surface area (Å²) in [6, 6.07) is 22.0. The van der Waals surface area contributed by atoms with Crippen molar-refractivity contribution in [1.29, 1.82) is 0 Å². The number of hydrogen-bond acceptors (Lipinski definition) is 2. The number of aryl methyl sites for hydroxylation is 1. The molecule has 1 aromatic heterocycles. The van der Waals surface area contributed by atoms with E-state index >= 15 is 0 Å². The molecular formula is C22H19NO2. The lowest BCUT2D eigenvalue weighted by Gasteiger charge is -2.13. The summed E-state index contributed by atoms with van der Waals surface area (Å²) in [5.41, 5.74) is 2.71. The number of rotatable bonds is 3. The van der Waals surface area contributed by atoms with Gasteiger partial charge >= 0.3 is 0 Å². The number of nitrogens with one attached hydrogen (secondary N) is 1. The van der Waals surface area contributed by atoms with Crippen LogP contribution >= 0.6 is 0 Å². The maximum absolute atomic E-state index is 12.8. The third-order valence-electron chi connectivity index (χ3n) is 4.68. The van der Waals surface area contributed by atoms with Crippen LogP contribution in [0.5, 0.6) is 0 Å². The largest absolute Gasteiger partial charge is 0.450 e. The molecular weight excluding hydrogens is 310 g/mol. The second kappa shape index (κ2) is 6.10. The summed E-state index contributed by atoms with van der Waals surface area (Å²) in [7, 11) is 0. The first kappa shape index (κ1) is 15.5. The first-order valence-corrected chi connectivity index (χ1v) is 8.42. The Hall–Kier alpha value is -3.07. The summed E-state index contributed by atoms with van der Waals surface area (Å²) in [5.74, 6) is 0.197. The van der Waals surface area contributed by atoms with E-state index in [0.717, 1.165) is 32.9 Å². The predicted molar refractivity (Wildman–Crippen MR) is 101 cm³/mol. The maximum Gasteiger partial charge on any atom is 0.287 e. The van der Waals surface area contributed by atoms with E-state index < -0.39 is 0 Å². The number of carbonyl (C=O) groups is 1. The Bertz CT molecular complexity index is 1060. The molecule has 1 amide bonds. The van der Waals surface area contributed by atoms with Gasteiger partial charge in [-0.3, -0.25) is 4.79 Å². The van der Waals surface area contributed by atoms with Crippen LogP contribution in [0.15, 0.2) is 71.1 Å². The quantitative estimate of drug-likeness (QED) is 0.548. The van der Waals surface area contributed by atoms with E-state index in [9.17, 15) is 4.79 Å². The Kier molecular flexibility index (Phi) is 3.77. The smallest absolute Gasteiger partial charge is 0.287 e. The number of furan rings is 1. The van der Waals surface area contributed by atoms with Gasteiger partial charge in [0.1, 0.15) is 5.58 Å². The van der Waals surface area contributed by atoms with Crippen LogP contribution in [0.25, 0.3) is 21.7 Å². The molecule has 1 heterocycles. The lowest BCUT2D eigenvalue weighted by molar-refractivity contribution is 0.0913. The molecule has 0 aliphatic heterocycles. The Morgan fingerprint density at radius 3 is 2.44 bits per heavy atom. The Labute approximate surface area is 146 Å². The number of hydrogen-bond donors (Lipinski definition) is 1. The molecule has 3 aromatic carbocycles. The molecule has 1 N–H and O–H groups in total.